The van der Waals surface area contributed by atoms with Crippen molar-refractivity contribution in [1.82, 2.24) is 4.98 Å². The molecule has 1 atom stereocenters. The zero-order chi connectivity index (χ0) is 12.3. The van der Waals surface area contributed by atoms with Gasteiger partial charge in [-0.3, -0.25) is 0 Å². The smallest absolute Gasteiger partial charge is 0.354 e. The van der Waals surface area contributed by atoms with Crippen molar-refractivity contribution in [1.29, 1.82) is 0 Å². The molecule has 0 saturated heterocycles. The summed E-state index contributed by atoms with van der Waals surface area (Å²) in [4.78, 5) is 14.7. The topological polar surface area (TPSA) is 96.4 Å². The number of nitrogens with two attached hydrogens (primary N) is 1. The molecule has 0 amide bonds. The molecular weight excluding hydrogens is 208 g/mol. The Bertz CT molecular complexity index is 391. The summed E-state index contributed by atoms with van der Waals surface area (Å²) >= 11 is 0. The summed E-state index contributed by atoms with van der Waals surface area (Å²) in [5.41, 5.74) is 5.83. The fraction of sp³-hybridized carbons (Fsp3) is 0.455. The van der Waals surface area contributed by atoms with Crippen molar-refractivity contribution in [3.63, 3.8) is 0 Å². The second-order valence-electron chi connectivity index (χ2n) is 4.38. The number of aliphatic hydroxyl groups is 1. The van der Waals surface area contributed by atoms with Gasteiger partial charge in [-0.15, -0.1) is 0 Å². The molecule has 5 nitrogen and oxygen atoms in total. The van der Waals surface area contributed by atoms with Crippen LogP contribution in [0.1, 0.15) is 36.1 Å². The van der Waals surface area contributed by atoms with Crippen LogP contribution in [0.2, 0.25) is 0 Å². The molecule has 0 saturated carbocycles. The molecule has 0 aliphatic carbocycles. The van der Waals surface area contributed by atoms with Gasteiger partial charge in [-0.1, -0.05) is 19.9 Å². The van der Waals surface area contributed by atoms with E-state index in [1.54, 1.807) is 26.0 Å². The lowest BCUT2D eigenvalue weighted by atomic mass is 9.84. The van der Waals surface area contributed by atoms with E-state index >= 15 is 0 Å². The largest absolute Gasteiger partial charge is 0.477 e. The first-order valence-corrected chi connectivity index (χ1v) is 4.95. The minimum Gasteiger partial charge on any atom is -0.477 e. The van der Waals surface area contributed by atoms with Crippen LogP contribution in [0.5, 0.6) is 0 Å². The lowest BCUT2D eigenvalue weighted by molar-refractivity contribution is 0.0689. The van der Waals surface area contributed by atoms with E-state index in [0.717, 1.165) is 0 Å². The first-order valence-electron chi connectivity index (χ1n) is 4.95. The number of hydrogen-bond acceptors (Lipinski definition) is 4. The molecule has 1 aromatic rings. The summed E-state index contributed by atoms with van der Waals surface area (Å²) in [6.45, 7) is 3.51. The van der Waals surface area contributed by atoms with Gasteiger partial charge in [0.05, 0.1) is 18.3 Å². The number of rotatable bonds is 4. The van der Waals surface area contributed by atoms with E-state index in [-0.39, 0.29) is 12.3 Å². The van der Waals surface area contributed by atoms with Crippen LogP contribution in [0.4, 0.5) is 0 Å². The van der Waals surface area contributed by atoms with Crippen molar-refractivity contribution in [3.05, 3.63) is 29.6 Å². The number of carboxylic acid groups (broad SMARTS) is 1. The van der Waals surface area contributed by atoms with Crippen molar-refractivity contribution in [2.45, 2.75) is 19.9 Å². The zero-order valence-electron chi connectivity index (χ0n) is 9.34. The number of aliphatic hydroxyl groups excluding tert-OH is 1. The number of nitrogens with zero attached hydrogens (tertiary/aromatic N) is 1. The van der Waals surface area contributed by atoms with E-state index < -0.39 is 17.4 Å². The minimum absolute atomic E-state index is 0.0401. The van der Waals surface area contributed by atoms with Crippen LogP contribution in [0, 0.1) is 5.41 Å². The molecule has 0 bridgehead atoms. The molecule has 0 fully saturated rings. The Morgan fingerprint density at radius 1 is 1.56 bits per heavy atom. The van der Waals surface area contributed by atoms with Crippen LogP contribution >= 0.6 is 0 Å². The van der Waals surface area contributed by atoms with Gasteiger partial charge in [0.15, 0.2) is 0 Å². The minimum atomic E-state index is -1.09. The van der Waals surface area contributed by atoms with Crippen molar-refractivity contribution >= 4 is 5.97 Å². The second kappa shape index (κ2) is 4.59. The van der Waals surface area contributed by atoms with Gasteiger partial charge in [-0.05, 0) is 12.1 Å². The molecule has 0 aromatic carbocycles. The fourth-order valence-electron chi connectivity index (χ4n) is 1.24. The Morgan fingerprint density at radius 3 is 2.69 bits per heavy atom. The SMILES string of the molecule is CC(C)(CO)C(N)c1cccc(C(=O)O)n1. The molecule has 88 valence electrons. The molecule has 1 rings (SSSR count). The number of hydrogen-bond donors (Lipinski definition) is 3. The summed E-state index contributed by atoms with van der Waals surface area (Å²) in [6.07, 6.45) is 0. The van der Waals surface area contributed by atoms with E-state index in [0.29, 0.717) is 5.69 Å². The number of pyridine rings is 1. The van der Waals surface area contributed by atoms with Gasteiger partial charge < -0.3 is 15.9 Å². The van der Waals surface area contributed by atoms with Crippen LogP contribution < -0.4 is 5.73 Å². The molecule has 4 N–H and O–H groups in total. The highest BCUT2D eigenvalue weighted by Gasteiger charge is 2.28. The lowest BCUT2D eigenvalue weighted by Crippen LogP contribution is -2.33. The van der Waals surface area contributed by atoms with Crippen molar-refractivity contribution in [2.24, 2.45) is 11.1 Å². The van der Waals surface area contributed by atoms with E-state index in [1.165, 1.54) is 6.07 Å². The Morgan fingerprint density at radius 2 is 2.19 bits per heavy atom. The second-order valence-corrected chi connectivity index (χ2v) is 4.38. The van der Waals surface area contributed by atoms with Crippen LogP contribution in [0.3, 0.4) is 0 Å². The molecule has 1 aromatic heterocycles. The summed E-state index contributed by atoms with van der Waals surface area (Å²) in [7, 11) is 0. The third-order valence-electron chi connectivity index (χ3n) is 2.56. The third-order valence-corrected chi connectivity index (χ3v) is 2.56. The fourth-order valence-corrected chi connectivity index (χ4v) is 1.24. The highest BCUT2D eigenvalue weighted by Crippen LogP contribution is 2.29. The molecule has 0 radical (unpaired) electrons. The first kappa shape index (κ1) is 12.6. The summed E-state index contributed by atoms with van der Waals surface area (Å²) in [5, 5.41) is 18.0. The van der Waals surface area contributed by atoms with Gasteiger partial charge in [-0.25, -0.2) is 9.78 Å². The Labute approximate surface area is 93.9 Å². The van der Waals surface area contributed by atoms with Crippen LogP contribution in [-0.4, -0.2) is 27.8 Å². The maximum absolute atomic E-state index is 10.7. The predicted octanol–water partition coefficient (Wildman–Crippen LogP) is 0.798. The maximum Gasteiger partial charge on any atom is 0.354 e. The van der Waals surface area contributed by atoms with Crippen LogP contribution in [-0.2, 0) is 0 Å². The van der Waals surface area contributed by atoms with Crippen LogP contribution in [0.25, 0.3) is 0 Å². The zero-order valence-corrected chi connectivity index (χ0v) is 9.34. The van der Waals surface area contributed by atoms with Gasteiger partial charge >= 0.3 is 5.97 Å². The van der Waals surface area contributed by atoms with Gasteiger partial charge in [0.25, 0.3) is 0 Å². The van der Waals surface area contributed by atoms with Crippen molar-refractivity contribution in [2.75, 3.05) is 6.61 Å². The molecule has 5 heteroatoms. The van der Waals surface area contributed by atoms with E-state index in [4.69, 9.17) is 10.8 Å². The Kier molecular flexibility index (Phi) is 3.62. The van der Waals surface area contributed by atoms with Crippen molar-refractivity contribution < 1.29 is 15.0 Å². The molecule has 1 unspecified atom stereocenters. The number of carboxylic acids is 1. The molecular formula is C11H16N2O3. The van der Waals surface area contributed by atoms with E-state index in [2.05, 4.69) is 4.98 Å². The quantitative estimate of drug-likeness (QED) is 0.702. The van der Waals surface area contributed by atoms with Crippen molar-refractivity contribution in [3.8, 4) is 0 Å². The number of carbonyl (C=O) groups is 1. The monoisotopic (exact) mass is 224 g/mol. The van der Waals surface area contributed by atoms with E-state index in [1.807, 2.05) is 0 Å². The lowest BCUT2D eigenvalue weighted by Gasteiger charge is -2.28. The molecule has 0 aliphatic heterocycles. The standard InChI is InChI=1S/C11H16N2O3/c1-11(2,6-14)9(12)7-4-3-5-8(13-7)10(15)16/h3-5,9,14H,6,12H2,1-2H3,(H,15,16). The predicted molar refractivity (Wildman–Crippen MR) is 59.0 cm³/mol. The van der Waals surface area contributed by atoms with Gasteiger partial charge in [0, 0.05) is 5.41 Å². The average Bonchev–Trinajstić information content (AvgIpc) is 2.28. The summed E-state index contributed by atoms with van der Waals surface area (Å²) in [5.74, 6) is -1.09. The maximum atomic E-state index is 10.7. The number of aromatic nitrogens is 1. The average molecular weight is 224 g/mol. The molecule has 0 aliphatic rings. The molecule has 16 heavy (non-hydrogen) atoms. The Balaban J connectivity index is 3.05. The molecule has 0 spiro atoms. The number of aromatic carboxylic acids is 1. The first-order chi connectivity index (χ1) is 7.38. The Hall–Kier alpha value is -1.46. The normalized spacial score (nSPS) is 13.5. The summed E-state index contributed by atoms with van der Waals surface area (Å²) < 4.78 is 0. The van der Waals surface area contributed by atoms with Gasteiger partial charge in [0.1, 0.15) is 5.69 Å². The molecule has 1 heterocycles. The summed E-state index contributed by atoms with van der Waals surface area (Å²) in [6, 6.07) is 4.16. The highest BCUT2D eigenvalue weighted by atomic mass is 16.4. The van der Waals surface area contributed by atoms with Crippen LogP contribution in [0.15, 0.2) is 18.2 Å². The van der Waals surface area contributed by atoms with Gasteiger partial charge in [-0.2, -0.15) is 0 Å². The van der Waals surface area contributed by atoms with Gasteiger partial charge in [0.2, 0.25) is 0 Å². The highest BCUT2D eigenvalue weighted by molar-refractivity contribution is 5.85. The third kappa shape index (κ3) is 2.56. The van der Waals surface area contributed by atoms with E-state index in [9.17, 15) is 9.90 Å².